The molecule has 1 unspecified atom stereocenters. The molecule has 2 rings (SSSR count). The molecule has 0 spiro atoms. The van der Waals surface area contributed by atoms with Crippen molar-refractivity contribution in [2.75, 3.05) is 6.54 Å². The van der Waals surface area contributed by atoms with E-state index in [0.29, 0.717) is 6.54 Å². The third-order valence-corrected chi connectivity index (χ3v) is 3.17. The lowest BCUT2D eigenvalue weighted by Crippen LogP contribution is -2.19. The summed E-state index contributed by atoms with van der Waals surface area (Å²) in [4.78, 5) is 6.45. The Morgan fingerprint density at radius 1 is 1.57 bits per heavy atom. The van der Waals surface area contributed by atoms with Crippen molar-refractivity contribution >= 4 is 11.3 Å². The van der Waals surface area contributed by atoms with Crippen LogP contribution in [0.15, 0.2) is 24.8 Å². The van der Waals surface area contributed by atoms with Crippen LogP contribution < -0.4 is 5.73 Å². The first kappa shape index (κ1) is 9.36. The summed E-state index contributed by atoms with van der Waals surface area (Å²) in [6.07, 6.45) is 3.23. The van der Waals surface area contributed by atoms with E-state index in [0.717, 1.165) is 0 Å². The fourth-order valence-corrected chi connectivity index (χ4v) is 2.35. The van der Waals surface area contributed by atoms with Crippen LogP contribution in [0.3, 0.4) is 0 Å². The zero-order valence-electron chi connectivity index (χ0n) is 7.92. The predicted molar refractivity (Wildman–Crippen MR) is 56.3 cm³/mol. The Hall–Kier alpha value is -1.20. The monoisotopic (exact) mass is 208 g/mol. The van der Waals surface area contributed by atoms with E-state index in [4.69, 9.17) is 5.73 Å². The number of aromatic nitrogens is 3. The summed E-state index contributed by atoms with van der Waals surface area (Å²) in [6.45, 7) is 2.63. The van der Waals surface area contributed by atoms with Gasteiger partial charge < -0.3 is 5.73 Å². The molecule has 0 aliphatic heterocycles. The van der Waals surface area contributed by atoms with Crippen LogP contribution in [0.1, 0.15) is 15.8 Å². The van der Waals surface area contributed by atoms with Gasteiger partial charge in [0.2, 0.25) is 0 Å². The fraction of sp³-hybridized carbons (Fsp3) is 0.333. The lowest BCUT2D eigenvalue weighted by atomic mass is 10.2. The Morgan fingerprint density at radius 2 is 2.43 bits per heavy atom. The molecule has 2 aromatic rings. The molecule has 5 heteroatoms. The first-order valence-electron chi connectivity index (χ1n) is 4.42. The van der Waals surface area contributed by atoms with Crippen molar-refractivity contribution in [2.24, 2.45) is 5.73 Å². The van der Waals surface area contributed by atoms with Gasteiger partial charge in [-0.3, -0.25) is 0 Å². The number of nitrogens with zero attached hydrogens (tertiary/aromatic N) is 3. The number of nitrogens with two attached hydrogens (primary N) is 1. The molecule has 0 aliphatic rings. The van der Waals surface area contributed by atoms with Crippen LogP contribution >= 0.6 is 11.3 Å². The topological polar surface area (TPSA) is 56.7 Å². The second-order valence-corrected chi connectivity index (χ2v) is 4.39. The van der Waals surface area contributed by atoms with Crippen molar-refractivity contribution in [3.05, 3.63) is 34.5 Å². The van der Waals surface area contributed by atoms with Gasteiger partial charge in [0, 0.05) is 16.3 Å². The van der Waals surface area contributed by atoms with Crippen LogP contribution in [0.4, 0.5) is 0 Å². The van der Waals surface area contributed by atoms with E-state index in [1.807, 2.05) is 0 Å². The Labute approximate surface area is 86.4 Å². The quantitative estimate of drug-likeness (QED) is 0.824. The Morgan fingerprint density at radius 3 is 2.93 bits per heavy atom. The molecule has 0 aliphatic carbocycles. The molecule has 0 amide bonds. The van der Waals surface area contributed by atoms with Gasteiger partial charge in [-0.1, -0.05) is 0 Å². The van der Waals surface area contributed by atoms with E-state index in [1.165, 1.54) is 16.1 Å². The van der Waals surface area contributed by atoms with Gasteiger partial charge in [-0.2, -0.15) is 5.10 Å². The van der Waals surface area contributed by atoms with Gasteiger partial charge in [0.05, 0.1) is 0 Å². The van der Waals surface area contributed by atoms with Gasteiger partial charge in [0.15, 0.2) is 0 Å². The van der Waals surface area contributed by atoms with Gasteiger partial charge in [-0.05, 0) is 19.1 Å². The van der Waals surface area contributed by atoms with E-state index in [2.05, 4.69) is 29.1 Å². The molecule has 2 heterocycles. The number of hydrogen-bond acceptors (Lipinski definition) is 4. The van der Waals surface area contributed by atoms with Crippen molar-refractivity contribution < 1.29 is 0 Å². The van der Waals surface area contributed by atoms with Gasteiger partial charge in [0.25, 0.3) is 0 Å². The lowest BCUT2D eigenvalue weighted by molar-refractivity contribution is 0.538. The SMILES string of the molecule is Cc1ccc(C(CN)n2cncn2)s1. The Kier molecular flexibility index (Phi) is 2.60. The highest BCUT2D eigenvalue weighted by molar-refractivity contribution is 7.12. The smallest absolute Gasteiger partial charge is 0.137 e. The van der Waals surface area contributed by atoms with Crippen molar-refractivity contribution in [3.63, 3.8) is 0 Å². The van der Waals surface area contributed by atoms with E-state index in [-0.39, 0.29) is 6.04 Å². The van der Waals surface area contributed by atoms with Crippen LogP contribution in [-0.2, 0) is 0 Å². The molecule has 4 nitrogen and oxygen atoms in total. The van der Waals surface area contributed by atoms with Crippen LogP contribution in [-0.4, -0.2) is 21.3 Å². The maximum absolute atomic E-state index is 5.72. The molecule has 0 fully saturated rings. The molecule has 0 saturated heterocycles. The molecule has 0 radical (unpaired) electrons. The van der Waals surface area contributed by atoms with E-state index in [9.17, 15) is 0 Å². The second-order valence-electron chi connectivity index (χ2n) is 3.08. The minimum absolute atomic E-state index is 0.121. The van der Waals surface area contributed by atoms with Crippen LogP contribution in [0.5, 0.6) is 0 Å². The average molecular weight is 208 g/mol. The number of hydrogen-bond donors (Lipinski definition) is 1. The van der Waals surface area contributed by atoms with Gasteiger partial charge >= 0.3 is 0 Å². The average Bonchev–Trinajstić information content (AvgIpc) is 2.79. The third-order valence-electron chi connectivity index (χ3n) is 2.07. The number of thiophene rings is 1. The second kappa shape index (κ2) is 3.89. The van der Waals surface area contributed by atoms with Crippen LogP contribution in [0, 0.1) is 6.92 Å². The van der Waals surface area contributed by atoms with E-state index in [1.54, 1.807) is 22.3 Å². The van der Waals surface area contributed by atoms with Crippen molar-refractivity contribution in [2.45, 2.75) is 13.0 Å². The summed E-state index contributed by atoms with van der Waals surface area (Å²) in [5, 5.41) is 4.11. The Bertz CT molecular complexity index is 393. The lowest BCUT2D eigenvalue weighted by Gasteiger charge is -2.12. The van der Waals surface area contributed by atoms with Gasteiger partial charge in [-0.25, -0.2) is 9.67 Å². The Balaban J connectivity index is 2.31. The summed E-state index contributed by atoms with van der Waals surface area (Å²) in [7, 11) is 0. The summed E-state index contributed by atoms with van der Waals surface area (Å²) in [5.41, 5.74) is 5.72. The van der Waals surface area contributed by atoms with E-state index < -0.39 is 0 Å². The molecule has 1 atom stereocenters. The standard InChI is InChI=1S/C9H12N4S/c1-7-2-3-9(14-7)8(4-10)13-6-11-5-12-13/h2-3,5-6,8H,4,10H2,1H3. The molecular weight excluding hydrogens is 196 g/mol. The fourth-order valence-electron chi connectivity index (χ4n) is 1.37. The molecule has 0 saturated carbocycles. The molecule has 2 N–H and O–H groups in total. The number of aryl methyl sites for hydroxylation is 1. The zero-order valence-corrected chi connectivity index (χ0v) is 8.74. The minimum Gasteiger partial charge on any atom is -0.328 e. The molecule has 2 aromatic heterocycles. The van der Waals surface area contributed by atoms with Crippen LogP contribution in [0.2, 0.25) is 0 Å². The van der Waals surface area contributed by atoms with Crippen molar-refractivity contribution in [1.82, 2.24) is 14.8 Å². The number of rotatable bonds is 3. The van der Waals surface area contributed by atoms with E-state index >= 15 is 0 Å². The summed E-state index contributed by atoms with van der Waals surface area (Å²) in [6, 6.07) is 4.31. The summed E-state index contributed by atoms with van der Waals surface area (Å²) < 4.78 is 1.80. The van der Waals surface area contributed by atoms with Crippen LogP contribution in [0.25, 0.3) is 0 Å². The first-order chi connectivity index (χ1) is 6.81. The molecule has 0 aromatic carbocycles. The molecular formula is C9H12N4S. The zero-order chi connectivity index (χ0) is 9.97. The molecule has 0 bridgehead atoms. The summed E-state index contributed by atoms with van der Waals surface area (Å²) >= 11 is 1.75. The third kappa shape index (κ3) is 1.69. The summed E-state index contributed by atoms with van der Waals surface area (Å²) in [5.74, 6) is 0. The first-order valence-corrected chi connectivity index (χ1v) is 5.23. The highest BCUT2D eigenvalue weighted by Gasteiger charge is 2.13. The minimum atomic E-state index is 0.121. The largest absolute Gasteiger partial charge is 0.328 e. The maximum Gasteiger partial charge on any atom is 0.137 e. The van der Waals surface area contributed by atoms with Crippen molar-refractivity contribution in [3.8, 4) is 0 Å². The normalized spacial score (nSPS) is 13.0. The molecule has 74 valence electrons. The van der Waals surface area contributed by atoms with Gasteiger partial charge in [-0.15, -0.1) is 11.3 Å². The highest BCUT2D eigenvalue weighted by atomic mass is 32.1. The molecule has 14 heavy (non-hydrogen) atoms. The van der Waals surface area contributed by atoms with Gasteiger partial charge in [0.1, 0.15) is 18.7 Å². The van der Waals surface area contributed by atoms with Crippen molar-refractivity contribution in [1.29, 1.82) is 0 Å². The highest BCUT2D eigenvalue weighted by Crippen LogP contribution is 2.24. The predicted octanol–water partition coefficient (Wildman–Crippen LogP) is 1.20. The maximum atomic E-state index is 5.72.